The molecule has 0 saturated carbocycles. The van der Waals surface area contributed by atoms with Crippen molar-refractivity contribution in [1.82, 2.24) is 9.80 Å². The molecule has 2 aliphatic rings. The second kappa shape index (κ2) is 5.21. The van der Waals surface area contributed by atoms with Gasteiger partial charge in [0.25, 0.3) is 5.91 Å². The van der Waals surface area contributed by atoms with Crippen LogP contribution in [0.5, 0.6) is 0 Å². The van der Waals surface area contributed by atoms with Crippen molar-refractivity contribution in [1.29, 1.82) is 0 Å². The first-order chi connectivity index (χ1) is 9.24. The Kier molecular flexibility index (Phi) is 3.42. The Morgan fingerprint density at radius 1 is 1.21 bits per heavy atom. The highest BCUT2D eigenvalue weighted by molar-refractivity contribution is 5.95. The Balaban J connectivity index is 1.71. The normalized spacial score (nSPS) is 24.0. The highest BCUT2D eigenvalue weighted by Gasteiger charge is 2.31. The molecule has 2 saturated heterocycles. The average Bonchev–Trinajstić information content (AvgIpc) is 2.46. The van der Waals surface area contributed by atoms with E-state index in [1.807, 2.05) is 23.1 Å². The third kappa shape index (κ3) is 2.59. The molecule has 1 atom stereocenters. The number of benzene rings is 1. The van der Waals surface area contributed by atoms with E-state index >= 15 is 0 Å². The summed E-state index contributed by atoms with van der Waals surface area (Å²) in [6.07, 6.45) is 3.82. The van der Waals surface area contributed by atoms with Crippen molar-refractivity contribution in [3.8, 4) is 0 Å². The van der Waals surface area contributed by atoms with Gasteiger partial charge >= 0.3 is 0 Å². The Labute approximate surface area is 114 Å². The lowest BCUT2D eigenvalue weighted by atomic mass is 9.99. The standard InChI is InChI=1S/C15H21N3O/c16-13-5-3-4-12(10-13)15(19)18-9-8-17-7-2-1-6-14(17)11-18/h3-5,10,14H,1-2,6-9,11,16H2. The molecule has 0 radical (unpaired) electrons. The second-order valence-corrected chi connectivity index (χ2v) is 5.56. The smallest absolute Gasteiger partial charge is 0.254 e. The van der Waals surface area contributed by atoms with Crippen LogP contribution in [0.15, 0.2) is 24.3 Å². The molecule has 0 bridgehead atoms. The fourth-order valence-electron chi connectivity index (χ4n) is 3.19. The SMILES string of the molecule is Nc1cccc(C(=O)N2CCN3CCCCC3C2)c1. The third-order valence-corrected chi connectivity index (χ3v) is 4.26. The number of hydrogen-bond donors (Lipinski definition) is 1. The maximum Gasteiger partial charge on any atom is 0.254 e. The Hall–Kier alpha value is -1.55. The first kappa shape index (κ1) is 12.5. The Morgan fingerprint density at radius 3 is 2.95 bits per heavy atom. The van der Waals surface area contributed by atoms with Gasteiger partial charge < -0.3 is 10.6 Å². The lowest BCUT2D eigenvalue weighted by molar-refractivity contribution is 0.0372. The van der Waals surface area contributed by atoms with Gasteiger partial charge in [0, 0.05) is 36.9 Å². The van der Waals surface area contributed by atoms with E-state index in [9.17, 15) is 4.79 Å². The molecule has 19 heavy (non-hydrogen) atoms. The van der Waals surface area contributed by atoms with E-state index in [1.54, 1.807) is 6.07 Å². The average molecular weight is 259 g/mol. The number of nitrogens with two attached hydrogens (primary N) is 1. The van der Waals surface area contributed by atoms with Crippen LogP contribution in [0.25, 0.3) is 0 Å². The summed E-state index contributed by atoms with van der Waals surface area (Å²) in [6, 6.07) is 7.85. The number of carbonyl (C=O) groups is 1. The molecule has 1 aromatic rings. The van der Waals surface area contributed by atoms with Crippen LogP contribution in [0, 0.1) is 0 Å². The van der Waals surface area contributed by atoms with E-state index in [2.05, 4.69) is 4.90 Å². The number of amides is 1. The van der Waals surface area contributed by atoms with E-state index in [0.29, 0.717) is 17.3 Å². The summed E-state index contributed by atoms with van der Waals surface area (Å²) in [7, 11) is 0. The van der Waals surface area contributed by atoms with Gasteiger partial charge in [0.1, 0.15) is 0 Å². The minimum atomic E-state index is 0.123. The summed E-state index contributed by atoms with van der Waals surface area (Å²) in [4.78, 5) is 17.0. The fraction of sp³-hybridized carbons (Fsp3) is 0.533. The first-order valence-electron chi connectivity index (χ1n) is 7.13. The van der Waals surface area contributed by atoms with Gasteiger partial charge in [-0.05, 0) is 37.6 Å². The number of hydrogen-bond acceptors (Lipinski definition) is 3. The van der Waals surface area contributed by atoms with Crippen LogP contribution in [0.2, 0.25) is 0 Å². The number of carbonyl (C=O) groups excluding carboxylic acids is 1. The molecule has 0 aromatic heterocycles. The van der Waals surface area contributed by atoms with Crippen LogP contribution in [-0.4, -0.2) is 47.9 Å². The van der Waals surface area contributed by atoms with Crippen molar-refractivity contribution in [2.24, 2.45) is 0 Å². The number of anilines is 1. The minimum absolute atomic E-state index is 0.123. The molecule has 102 valence electrons. The highest BCUT2D eigenvalue weighted by atomic mass is 16.2. The van der Waals surface area contributed by atoms with Gasteiger partial charge in [-0.2, -0.15) is 0 Å². The zero-order valence-electron chi connectivity index (χ0n) is 11.2. The van der Waals surface area contributed by atoms with E-state index in [1.165, 1.54) is 25.8 Å². The molecule has 3 rings (SSSR count). The number of fused-ring (bicyclic) bond motifs is 1. The van der Waals surface area contributed by atoms with Crippen LogP contribution in [0.3, 0.4) is 0 Å². The molecule has 4 nitrogen and oxygen atoms in total. The van der Waals surface area contributed by atoms with Gasteiger partial charge in [-0.1, -0.05) is 12.5 Å². The maximum absolute atomic E-state index is 12.5. The highest BCUT2D eigenvalue weighted by Crippen LogP contribution is 2.22. The zero-order chi connectivity index (χ0) is 13.2. The molecule has 0 aliphatic carbocycles. The van der Waals surface area contributed by atoms with Gasteiger partial charge in [0.2, 0.25) is 0 Å². The quantitative estimate of drug-likeness (QED) is 0.779. The zero-order valence-corrected chi connectivity index (χ0v) is 11.2. The molecule has 2 N–H and O–H groups in total. The summed E-state index contributed by atoms with van der Waals surface area (Å²) in [6.45, 7) is 3.92. The van der Waals surface area contributed by atoms with Crippen molar-refractivity contribution in [2.75, 3.05) is 31.9 Å². The summed E-state index contributed by atoms with van der Waals surface area (Å²) in [5.74, 6) is 0.123. The Morgan fingerprint density at radius 2 is 2.11 bits per heavy atom. The summed E-state index contributed by atoms with van der Waals surface area (Å²) in [5.41, 5.74) is 7.12. The summed E-state index contributed by atoms with van der Waals surface area (Å²) in [5, 5.41) is 0. The van der Waals surface area contributed by atoms with Crippen molar-refractivity contribution in [3.05, 3.63) is 29.8 Å². The fourth-order valence-corrected chi connectivity index (χ4v) is 3.19. The van der Waals surface area contributed by atoms with Crippen LogP contribution in [-0.2, 0) is 0 Å². The van der Waals surface area contributed by atoms with E-state index < -0.39 is 0 Å². The number of rotatable bonds is 1. The third-order valence-electron chi connectivity index (χ3n) is 4.26. The van der Waals surface area contributed by atoms with Crippen LogP contribution >= 0.6 is 0 Å². The predicted molar refractivity (Wildman–Crippen MR) is 76.0 cm³/mol. The molecule has 4 heteroatoms. The van der Waals surface area contributed by atoms with Crippen LogP contribution in [0.1, 0.15) is 29.6 Å². The number of nitrogens with zero attached hydrogens (tertiary/aromatic N) is 2. The van der Waals surface area contributed by atoms with Crippen LogP contribution in [0.4, 0.5) is 5.69 Å². The largest absolute Gasteiger partial charge is 0.399 e. The minimum Gasteiger partial charge on any atom is -0.399 e. The van der Waals surface area contributed by atoms with Crippen molar-refractivity contribution in [3.63, 3.8) is 0 Å². The number of nitrogen functional groups attached to an aromatic ring is 1. The van der Waals surface area contributed by atoms with Crippen LogP contribution < -0.4 is 5.73 Å². The van der Waals surface area contributed by atoms with Gasteiger partial charge in [0.05, 0.1) is 0 Å². The van der Waals surface area contributed by atoms with Gasteiger partial charge in [-0.15, -0.1) is 0 Å². The molecule has 0 spiro atoms. The molecule has 2 heterocycles. The van der Waals surface area contributed by atoms with E-state index in [4.69, 9.17) is 5.73 Å². The van der Waals surface area contributed by atoms with Crippen molar-refractivity contribution in [2.45, 2.75) is 25.3 Å². The van der Waals surface area contributed by atoms with Gasteiger partial charge in [-0.3, -0.25) is 9.69 Å². The lowest BCUT2D eigenvalue weighted by Crippen LogP contribution is -2.56. The number of piperazine rings is 1. The predicted octanol–water partition coefficient (Wildman–Crippen LogP) is 1.58. The summed E-state index contributed by atoms with van der Waals surface area (Å²) < 4.78 is 0. The maximum atomic E-state index is 12.5. The molecular formula is C15H21N3O. The second-order valence-electron chi connectivity index (χ2n) is 5.56. The van der Waals surface area contributed by atoms with E-state index in [-0.39, 0.29) is 5.91 Å². The molecule has 1 unspecified atom stereocenters. The van der Waals surface area contributed by atoms with E-state index in [0.717, 1.165) is 19.6 Å². The molecule has 2 aliphatic heterocycles. The van der Waals surface area contributed by atoms with Gasteiger partial charge in [0.15, 0.2) is 0 Å². The topological polar surface area (TPSA) is 49.6 Å². The van der Waals surface area contributed by atoms with Crippen molar-refractivity contribution < 1.29 is 4.79 Å². The molecule has 1 amide bonds. The molecule has 2 fully saturated rings. The lowest BCUT2D eigenvalue weighted by Gasteiger charge is -2.44. The van der Waals surface area contributed by atoms with Gasteiger partial charge in [-0.25, -0.2) is 0 Å². The monoisotopic (exact) mass is 259 g/mol. The number of piperidine rings is 1. The summed E-state index contributed by atoms with van der Waals surface area (Å²) >= 11 is 0. The molecule has 1 aromatic carbocycles. The molecular weight excluding hydrogens is 238 g/mol. The first-order valence-corrected chi connectivity index (χ1v) is 7.13. The Bertz CT molecular complexity index is 474. The van der Waals surface area contributed by atoms with Crippen molar-refractivity contribution >= 4 is 11.6 Å².